The number of aromatic nitrogens is 1. The number of esters is 1. The number of phenolic OH excluding ortho intramolecular Hbond substituents is 2. The van der Waals surface area contributed by atoms with Crippen molar-refractivity contribution in [1.82, 2.24) is 4.57 Å². The summed E-state index contributed by atoms with van der Waals surface area (Å²) < 4.78 is 18.2. The maximum Gasteiger partial charge on any atom is 0.312 e. The number of ether oxygens (including phenoxy) is 2. The van der Waals surface area contributed by atoms with E-state index in [1.54, 1.807) is 55.6 Å². The van der Waals surface area contributed by atoms with Crippen LogP contribution in [0.25, 0.3) is 33.2 Å². The number of fused-ring (bicyclic) bond motifs is 4. The van der Waals surface area contributed by atoms with Crippen LogP contribution in [-0.2, 0) is 11.8 Å². The normalized spacial score (nSPS) is 14.9. The van der Waals surface area contributed by atoms with Crippen LogP contribution in [0.1, 0.15) is 23.5 Å². The van der Waals surface area contributed by atoms with Crippen LogP contribution in [0, 0.1) is 0 Å². The fourth-order valence-corrected chi connectivity index (χ4v) is 5.06. The first-order valence-electron chi connectivity index (χ1n) is 11.8. The van der Waals surface area contributed by atoms with E-state index in [2.05, 4.69) is 0 Å². The first-order chi connectivity index (χ1) is 18.3. The van der Waals surface area contributed by atoms with Gasteiger partial charge in [-0.2, -0.15) is 0 Å². The molecule has 0 saturated heterocycles. The van der Waals surface area contributed by atoms with Crippen LogP contribution in [0.4, 0.5) is 0 Å². The molecule has 2 N–H and O–H groups in total. The molecule has 9 nitrogen and oxygen atoms in total. The predicted octanol–water partition coefficient (Wildman–Crippen LogP) is 4.17. The Morgan fingerprint density at radius 1 is 0.974 bits per heavy atom. The zero-order chi connectivity index (χ0) is 26.7. The minimum atomic E-state index is -0.931. The number of methoxy groups -OCH3 is 1. The van der Waals surface area contributed by atoms with E-state index in [4.69, 9.17) is 13.9 Å². The van der Waals surface area contributed by atoms with E-state index in [0.717, 1.165) is 0 Å². The van der Waals surface area contributed by atoms with Gasteiger partial charge in [0.2, 0.25) is 5.75 Å². The first kappa shape index (κ1) is 23.4. The minimum absolute atomic E-state index is 0.0731. The van der Waals surface area contributed by atoms with Gasteiger partial charge in [-0.15, -0.1) is 0 Å². The third kappa shape index (κ3) is 3.43. The standard InChI is InChI=1S/C29H21NO8/c1-30-19-11-16(36-2)9-8-15(19)10-18(29(30)35)17-12-22(32)38-28-23(17)27-24(25(33)26(28)34)20(31)13-21(37-27)14-6-4-3-5-7-14/h3-11,13,17,33-34H,12H2,1-2H3. The highest BCUT2D eigenvalue weighted by Gasteiger charge is 2.38. The zero-order valence-corrected chi connectivity index (χ0v) is 20.3. The number of rotatable bonds is 3. The number of aryl methyl sites for hydroxylation is 1. The smallest absolute Gasteiger partial charge is 0.312 e. The molecule has 0 spiro atoms. The van der Waals surface area contributed by atoms with Gasteiger partial charge < -0.3 is 28.7 Å². The van der Waals surface area contributed by atoms with Crippen LogP contribution in [0.3, 0.4) is 0 Å². The largest absolute Gasteiger partial charge is 0.504 e. The number of hydrogen-bond donors (Lipinski definition) is 2. The van der Waals surface area contributed by atoms with Crippen molar-refractivity contribution >= 4 is 27.8 Å². The molecule has 6 rings (SSSR count). The predicted molar refractivity (Wildman–Crippen MR) is 139 cm³/mol. The van der Waals surface area contributed by atoms with Crippen LogP contribution >= 0.6 is 0 Å². The number of carbonyl (C=O) groups is 1. The summed E-state index contributed by atoms with van der Waals surface area (Å²) in [5, 5.41) is 21.9. The summed E-state index contributed by atoms with van der Waals surface area (Å²) >= 11 is 0. The molecule has 3 heterocycles. The molecule has 2 aromatic heterocycles. The second-order valence-electron chi connectivity index (χ2n) is 9.10. The van der Waals surface area contributed by atoms with E-state index < -0.39 is 34.4 Å². The summed E-state index contributed by atoms with van der Waals surface area (Å²) in [4.78, 5) is 39.5. The molecule has 0 aliphatic carbocycles. The Labute approximate surface area is 214 Å². The Hall–Kier alpha value is -5.05. The molecule has 0 fully saturated rings. The van der Waals surface area contributed by atoms with Crippen molar-refractivity contribution in [3.63, 3.8) is 0 Å². The van der Waals surface area contributed by atoms with E-state index >= 15 is 0 Å². The summed E-state index contributed by atoms with van der Waals surface area (Å²) in [7, 11) is 3.14. The molecular formula is C29H21NO8. The van der Waals surface area contributed by atoms with Crippen molar-refractivity contribution in [3.8, 4) is 34.3 Å². The molecule has 0 radical (unpaired) electrons. The molecule has 190 valence electrons. The summed E-state index contributed by atoms with van der Waals surface area (Å²) in [6, 6.07) is 17.0. The summed E-state index contributed by atoms with van der Waals surface area (Å²) in [6.07, 6.45) is -0.248. The molecular weight excluding hydrogens is 490 g/mol. The van der Waals surface area contributed by atoms with Crippen LogP contribution in [0.2, 0.25) is 0 Å². The fraction of sp³-hybridized carbons (Fsp3) is 0.138. The van der Waals surface area contributed by atoms with Crippen molar-refractivity contribution in [2.75, 3.05) is 7.11 Å². The van der Waals surface area contributed by atoms with Crippen LogP contribution in [-0.4, -0.2) is 27.9 Å². The number of nitrogens with zero attached hydrogens (tertiary/aromatic N) is 1. The van der Waals surface area contributed by atoms with E-state index in [-0.39, 0.29) is 40.0 Å². The van der Waals surface area contributed by atoms with Gasteiger partial charge in [0.05, 0.1) is 24.6 Å². The molecule has 3 aromatic carbocycles. The third-order valence-corrected chi connectivity index (χ3v) is 6.94. The number of hydrogen-bond acceptors (Lipinski definition) is 8. The lowest BCUT2D eigenvalue weighted by atomic mass is 9.84. The Morgan fingerprint density at radius 3 is 2.47 bits per heavy atom. The molecule has 1 aliphatic rings. The minimum Gasteiger partial charge on any atom is -0.504 e. The van der Waals surface area contributed by atoms with Crippen molar-refractivity contribution in [2.24, 2.45) is 7.05 Å². The second kappa shape index (κ2) is 8.52. The Balaban J connectivity index is 1.70. The molecule has 0 amide bonds. The monoisotopic (exact) mass is 511 g/mol. The highest BCUT2D eigenvalue weighted by Crippen LogP contribution is 2.51. The van der Waals surface area contributed by atoms with Gasteiger partial charge in [-0.05, 0) is 23.6 Å². The van der Waals surface area contributed by atoms with Gasteiger partial charge in [-0.3, -0.25) is 14.4 Å². The Morgan fingerprint density at radius 2 is 1.74 bits per heavy atom. The highest BCUT2D eigenvalue weighted by molar-refractivity contribution is 5.96. The van der Waals surface area contributed by atoms with Gasteiger partial charge in [-0.25, -0.2) is 0 Å². The van der Waals surface area contributed by atoms with Crippen molar-refractivity contribution < 1.29 is 28.9 Å². The van der Waals surface area contributed by atoms with Gasteiger partial charge >= 0.3 is 5.97 Å². The van der Waals surface area contributed by atoms with E-state index in [9.17, 15) is 24.6 Å². The maximum atomic E-state index is 13.6. The number of carbonyl (C=O) groups excluding carboxylic acids is 1. The molecule has 1 unspecified atom stereocenters. The van der Waals surface area contributed by atoms with E-state index in [1.807, 2.05) is 6.07 Å². The van der Waals surface area contributed by atoms with Crippen molar-refractivity contribution in [2.45, 2.75) is 12.3 Å². The molecule has 1 aliphatic heterocycles. The van der Waals surface area contributed by atoms with Gasteiger partial charge in [0.1, 0.15) is 22.5 Å². The van der Waals surface area contributed by atoms with Gasteiger partial charge in [-0.1, -0.05) is 30.3 Å². The average Bonchev–Trinajstić information content (AvgIpc) is 2.93. The molecule has 38 heavy (non-hydrogen) atoms. The number of benzene rings is 3. The lowest BCUT2D eigenvalue weighted by molar-refractivity contribution is -0.135. The van der Waals surface area contributed by atoms with Crippen LogP contribution in [0.5, 0.6) is 23.0 Å². The zero-order valence-electron chi connectivity index (χ0n) is 20.3. The van der Waals surface area contributed by atoms with Crippen molar-refractivity contribution in [3.05, 3.63) is 92.4 Å². The summed E-state index contributed by atoms with van der Waals surface area (Å²) in [5.74, 6) is -2.74. The topological polar surface area (TPSA) is 128 Å². The summed E-state index contributed by atoms with van der Waals surface area (Å²) in [5.41, 5.74) is 0.530. The van der Waals surface area contributed by atoms with Crippen molar-refractivity contribution in [1.29, 1.82) is 0 Å². The Kier molecular flexibility index (Phi) is 5.23. The SMILES string of the molecule is COc1ccc2cc(C3CC(=O)Oc4c(O)c(O)c5c(=O)cc(-c6ccccc6)oc5c43)c(=O)n(C)c2c1. The van der Waals surface area contributed by atoms with Gasteiger partial charge in [0, 0.05) is 36.2 Å². The van der Waals surface area contributed by atoms with Gasteiger partial charge in [0.15, 0.2) is 16.9 Å². The number of aromatic hydroxyl groups is 2. The molecule has 9 heteroatoms. The van der Waals surface area contributed by atoms with E-state index in [1.165, 1.54) is 17.7 Å². The second-order valence-corrected chi connectivity index (χ2v) is 9.10. The molecule has 0 bridgehead atoms. The maximum absolute atomic E-state index is 13.6. The first-order valence-corrected chi connectivity index (χ1v) is 11.8. The van der Waals surface area contributed by atoms with Crippen LogP contribution < -0.4 is 20.5 Å². The average molecular weight is 511 g/mol. The summed E-state index contributed by atoms with van der Waals surface area (Å²) in [6.45, 7) is 0. The lowest BCUT2D eigenvalue weighted by Crippen LogP contribution is -2.29. The lowest BCUT2D eigenvalue weighted by Gasteiger charge is -2.27. The quantitative estimate of drug-likeness (QED) is 0.210. The number of pyridine rings is 1. The Bertz CT molecular complexity index is 1900. The molecule has 0 saturated carbocycles. The third-order valence-electron chi connectivity index (χ3n) is 6.94. The van der Waals surface area contributed by atoms with Gasteiger partial charge in [0.25, 0.3) is 5.56 Å². The fourth-order valence-electron chi connectivity index (χ4n) is 5.06. The molecule has 5 aromatic rings. The van der Waals surface area contributed by atoms with Crippen LogP contribution in [0.15, 0.2) is 74.7 Å². The number of phenols is 2. The molecule has 1 atom stereocenters. The highest BCUT2D eigenvalue weighted by atomic mass is 16.5. The van der Waals surface area contributed by atoms with E-state index in [0.29, 0.717) is 22.2 Å².